The molecule has 0 amide bonds. The molecule has 3 heterocycles. The van der Waals surface area contributed by atoms with Crippen molar-refractivity contribution in [2.75, 3.05) is 19.8 Å². The number of H-pyrrole nitrogens is 2. The van der Waals surface area contributed by atoms with Crippen molar-refractivity contribution in [3.8, 4) is 0 Å². The highest BCUT2D eigenvalue weighted by molar-refractivity contribution is 5.96. The molecule has 2 aromatic heterocycles. The maximum atomic E-state index is 13.4. The van der Waals surface area contributed by atoms with Gasteiger partial charge in [0, 0.05) is 18.4 Å². The molecule has 2 fully saturated rings. The van der Waals surface area contributed by atoms with Crippen LogP contribution in [0.5, 0.6) is 0 Å². The average Bonchev–Trinajstić information content (AvgIpc) is 4.08. The monoisotopic (exact) mass is 1140 g/mol. The first-order chi connectivity index (χ1) is 37.4. The van der Waals surface area contributed by atoms with Gasteiger partial charge in [0.15, 0.2) is 11.6 Å². The summed E-state index contributed by atoms with van der Waals surface area (Å²) in [6.45, 7) is 7.88. The standard InChI is InChI=1S/C28H27F6N3O3.C27H28F6N4O3/c1-3-23(38)26(37-17-35-36-24(37)39)11-9-25(10-12-26,20-7-5-4-6-8-20)16-40-18(2)19-13-21(27(29,30)31)15-22(14-19)28(32,33)34;1-3-22(38)25(37-16-35-36-23(37)39)10-9-24(34-14-25,19-7-5-4-6-8-19)15-40-17(2)18-11-20(26(28,29)30)13-21(12-18)27(31,32)33/h3-8,13-15,17-18H,1,9-12,16H2,2H3,(H,36,39);4-8,11-13,16-17,34H,3,9-10,14-15H2,1-2H3,(H,36,39)/t18-,25?,26?;17-,24-,25+/m11/s1. The van der Waals surface area contributed by atoms with Crippen molar-refractivity contribution in [3.63, 3.8) is 0 Å². The largest absolute Gasteiger partial charge is 0.416 e. The molecule has 2 aliphatic rings. The number of aromatic nitrogens is 6. The number of carbonyl (C=O) groups is 2. The second-order valence-electron chi connectivity index (χ2n) is 20.0. The lowest BCUT2D eigenvalue weighted by Crippen LogP contribution is -2.63. The molecule has 1 aliphatic heterocycles. The van der Waals surface area contributed by atoms with E-state index in [9.17, 15) is 71.9 Å². The predicted octanol–water partition coefficient (Wildman–Crippen LogP) is 11.7. The number of Topliss-reactive ketones (excluding diaryl/α,β-unsaturated/α-hetero) is 1. The van der Waals surface area contributed by atoms with Crippen LogP contribution in [-0.4, -0.2) is 60.9 Å². The highest BCUT2D eigenvalue weighted by Gasteiger charge is 2.51. The molecule has 3 N–H and O–H groups in total. The number of nitrogens with one attached hydrogen (secondary N) is 3. The zero-order valence-corrected chi connectivity index (χ0v) is 43.2. The van der Waals surface area contributed by atoms with Crippen LogP contribution in [0.2, 0.25) is 0 Å². The van der Waals surface area contributed by atoms with Crippen molar-refractivity contribution in [2.45, 2.75) is 125 Å². The maximum absolute atomic E-state index is 13.4. The van der Waals surface area contributed by atoms with Crippen molar-refractivity contribution in [3.05, 3.63) is 188 Å². The van der Waals surface area contributed by atoms with Crippen molar-refractivity contribution >= 4 is 11.6 Å². The third-order valence-corrected chi connectivity index (χ3v) is 15.3. The van der Waals surface area contributed by atoms with Gasteiger partial charge in [0.2, 0.25) is 0 Å². The number of hydrogen-bond donors (Lipinski definition) is 3. The predicted molar refractivity (Wildman–Crippen MR) is 266 cm³/mol. The summed E-state index contributed by atoms with van der Waals surface area (Å²) < 4.78 is 175. The van der Waals surface area contributed by atoms with Crippen LogP contribution < -0.4 is 16.7 Å². The topological polar surface area (TPSA) is 166 Å². The van der Waals surface area contributed by atoms with E-state index in [-0.39, 0.29) is 86.7 Å². The fraction of sp³-hybridized carbons (Fsp3) is 0.418. The van der Waals surface area contributed by atoms with Crippen LogP contribution in [-0.2, 0) is 65.8 Å². The Hall–Kier alpha value is -7.12. The van der Waals surface area contributed by atoms with Crippen LogP contribution in [0.3, 0.4) is 0 Å². The van der Waals surface area contributed by atoms with Crippen LogP contribution in [0, 0.1) is 0 Å². The molecule has 6 aromatic rings. The quantitative estimate of drug-likeness (QED) is 0.0631. The highest BCUT2D eigenvalue weighted by Crippen LogP contribution is 2.48. The highest BCUT2D eigenvalue weighted by atomic mass is 19.4. The van der Waals surface area contributed by atoms with E-state index in [1.54, 1.807) is 43.3 Å². The number of halogens is 12. The van der Waals surface area contributed by atoms with E-state index in [1.165, 1.54) is 35.6 Å². The summed E-state index contributed by atoms with van der Waals surface area (Å²) >= 11 is 0. The van der Waals surface area contributed by atoms with Crippen LogP contribution >= 0.6 is 0 Å². The summed E-state index contributed by atoms with van der Waals surface area (Å²) in [4.78, 5) is 51.0. The van der Waals surface area contributed by atoms with E-state index in [2.05, 4.69) is 32.3 Å². The Kier molecular flexibility index (Phi) is 17.5. The minimum atomic E-state index is -4.98. The molecule has 8 rings (SSSR count). The lowest BCUT2D eigenvalue weighted by molar-refractivity contribution is -0.145. The zero-order chi connectivity index (χ0) is 58.7. The first kappa shape index (κ1) is 60.5. The second-order valence-corrected chi connectivity index (χ2v) is 20.0. The number of allylic oxidation sites excluding steroid dienone is 1. The van der Waals surface area contributed by atoms with Crippen LogP contribution in [0.4, 0.5) is 52.7 Å². The Balaban J connectivity index is 0.000000231. The molecule has 1 aliphatic carbocycles. The molecule has 25 heteroatoms. The smallest absolute Gasteiger partial charge is 0.373 e. The van der Waals surface area contributed by atoms with Gasteiger partial charge in [-0.1, -0.05) is 74.2 Å². The Bertz CT molecular complexity index is 3170. The fourth-order valence-electron chi connectivity index (χ4n) is 10.6. The third kappa shape index (κ3) is 12.7. The molecular formula is C55H55F12N7O6. The summed E-state index contributed by atoms with van der Waals surface area (Å²) in [7, 11) is 0. The number of nitrogens with zero attached hydrogens (tertiary/aromatic N) is 4. The zero-order valence-electron chi connectivity index (χ0n) is 43.2. The molecule has 0 spiro atoms. The molecule has 430 valence electrons. The molecule has 0 unspecified atom stereocenters. The van der Waals surface area contributed by atoms with E-state index >= 15 is 0 Å². The van der Waals surface area contributed by atoms with E-state index in [1.807, 2.05) is 24.3 Å². The number of aromatic amines is 2. The van der Waals surface area contributed by atoms with Gasteiger partial charge in [0.25, 0.3) is 0 Å². The molecule has 80 heavy (non-hydrogen) atoms. The molecule has 0 bridgehead atoms. The Morgan fingerprint density at radius 2 is 1.00 bits per heavy atom. The van der Waals surface area contributed by atoms with Crippen molar-refractivity contribution in [1.82, 2.24) is 34.8 Å². The Labute approximate surface area is 449 Å². The first-order valence-corrected chi connectivity index (χ1v) is 25.1. The number of benzene rings is 4. The fourth-order valence-corrected chi connectivity index (χ4v) is 10.6. The second kappa shape index (κ2) is 23.2. The molecule has 4 aromatic carbocycles. The Morgan fingerprint density at radius 3 is 1.36 bits per heavy atom. The number of carbonyl (C=O) groups excluding carboxylic acids is 2. The van der Waals surface area contributed by atoms with E-state index in [4.69, 9.17) is 9.47 Å². The SMILES string of the molecule is C=CC(=O)C1(n2cn[nH]c2=O)CCC(CO[C@H](C)c2cc(C(F)(F)F)cc(C(F)(F)F)c2)(c2ccccc2)CC1.CCC(=O)[C@]1(n2cn[nH]c2=O)CC[C@@](CO[C@H](C)c2cc(C(F)(F)F)cc(C(F)(F)F)c2)(c2ccccc2)NC1. The average molecular weight is 1140 g/mol. The number of piperidine rings is 1. The van der Waals surface area contributed by atoms with Gasteiger partial charge in [0.1, 0.15) is 23.7 Å². The van der Waals surface area contributed by atoms with Crippen LogP contribution in [0.15, 0.2) is 132 Å². The summed E-state index contributed by atoms with van der Waals surface area (Å²) in [6, 6.07) is 20.9. The van der Waals surface area contributed by atoms with E-state index in [0.717, 1.165) is 17.2 Å². The van der Waals surface area contributed by atoms with Gasteiger partial charge in [-0.2, -0.15) is 62.9 Å². The maximum Gasteiger partial charge on any atom is 0.416 e. The number of ether oxygens (including phenoxy) is 2. The molecular weight excluding hydrogens is 1080 g/mol. The summed E-state index contributed by atoms with van der Waals surface area (Å²) in [6.07, 6.45) is -16.8. The number of alkyl halides is 12. The van der Waals surface area contributed by atoms with Gasteiger partial charge in [-0.25, -0.2) is 19.8 Å². The molecule has 13 nitrogen and oxygen atoms in total. The van der Waals surface area contributed by atoms with Gasteiger partial charge in [-0.15, -0.1) is 0 Å². The van der Waals surface area contributed by atoms with Gasteiger partial charge in [-0.05, 0) is 117 Å². The number of rotatable bonds is 16. The van der Waals surface area contributed by atoms with Crippen LogP contribution in [0.1, 0.15) is 122 Å². The van der Waals surface area contributed by atoms with Crippen molar-refractivity contribution in [2.24, 2.45) is 0 Å². The first-order valence-electron chi connectivity index (χ1n) is 25.1. The van der Waals surface area contributed by atoms with E-state index < -0.39 is 92.6 Å². The molecule has 1 saturated heterocycles. The van der Waals surface area contributed by atoms with Gasteiger partial charge in [-0.3, -0.25) is 18.7 Å². The van der Waals surface area contributed by atoms with Gasteiger partial charge >= 0.3 is 36.1 Å². The van der Waals surface area contributed by atoms with Crippen LogP contribution in [0.25, 0.3) is 0 Å². The summed E-state index contributed by atoms with van der Waals surface area (Å²) in [5.74, 6) is -0.557. The molecule has 4 atom stereocenters. The summed E-state index contributed by atoms with van der Waals surface area (Å²) in [5.41, 5.74) is -9.89. The minimum Gasteiger partial charge on any atom is -0.373 e. The minimum absolute atomic E-state index is 0.0214. The number of hydrogen-bond acceptors (Lipinski definition) is 9. The molecule has 1 saturated carbocycles. The van der Waals surface area contributed by atoms with Gasteiger partial charge in [0.05, 0.1) is 53.2 Å². The van der Waals surface area contributed by atoms with Gasteiger partial charge < -0.3 is 14.8 Å². The lowest BCUT2D eigenvalue weighted by atomic mass is 9.63. The third-order valence-electron chi connectivity index (χ3n) is 15.3. The van der Waals surface area contributed by atoms with Crippen molar-refractivity contribution in [1.29, 1.82) is 0 Å². The molecule has 0 radical (unpaired) electrons. The van der Waals surface area contributed by atoms with E-state index in [0.29, 0.717) is 37.1 Å². The lowest BCUT2D eigenvalue weighted by Gasteiger charge is -2.47. The normalized spacial score (nSPS) is 22.6. The van der Waals surface area contributed by atoms with Crippen molar-refractivity contribution < 1.29 is 71.7 Å². The Morgan fingerprint density at radius 1 is 0.600 bits per heavy atom. The number of ketones is 2. The summed E-state index contributed by atoms with van der Waals surface area (Å²) in [5, 5.41) is 15.4.